The van der Waals surface area contributed by atoms with Gasteiger partial charge in [-0.2, -0.15) is 5.10 Å². The summed E-state index contributed by atoms with van der Waals surface area (Å²) in [5.74, 6) is 0.865. The largest absolute Gasteiger partial charge is 0.357 e. The lowest BCUT2D eigenvalue weighted by molar-refractivity contribution is 0.555. The second kappa shape index (κ2) is 8.98. The monoisotopic (exact) mass is 313 g/mol. The Morgan fingerprint density at radius 1 is 1.17 bits per heavy atom. The average Bonchev–Trinajstić information content (AvgIpc) is 2.87. The van der Waals surface area contributed by atoms with Crippen molar-refractivity contribution >= 4 is 5.96 Å². The Balaban J connectivity index is 1.79. The zero-order chi connectivity index (χ0) is 16.5. The first-order valence-corrected chi connectivity index (χ1v) is 8.26. The first-order chi connectivity index (χ1) is 11.2. The van der Waals surface area contributed by atoms with Gasteiger partial charge in [0, 0.05) is 25.3 Å². The van der Waals surface area contributed by atoms with Gasteiger partial charge in [-0.25, -0.2) is 4.99 Å². The molecule has 124 valence electrons. The Morgan fingerprint density at radius 2 is 1.96 bits per heavy atom. The van der Waals surface area contributed by atoms with Crippen LogP contribution in [-0.2, 0) is 13.1 Å². The van der Waals surface area contributed by atoms with Crippen molar-refractivity contribution in [3.05, 3.63) is 53.3 Å². The van der Waals surface area contributed by atoms with E-state index >= 15 is 0 Å². The molecule has 0 radical (unpaired) electrons. The number of rotatable bonds is 7. The normalized spacial score (nSPS) is 11.5. The molecule has 5 nitrogen and oxygen atoms in total. The van der Waals surface area contributed by atoms with Crippen LogP contribution in [0.1, 0.15) is 30.3 Å². The molecule has 0 spiro atoms. The fourth-order valence-electron chi connectivity index (χ4n) is 2.43. The highest BCUT2D eigenvalue weighted by Crippen LogP contribution is 2.02. The summed E-state index contributed by atoms with van der Waals surface area (Å²) in [6, 6.07) is 12.4. The fraction of sp³-hybridized carbons (Fsp3) is 0.444. The molecule has 0 saturated heterocycles. The first-order valence-electron chi connectivity index (χ1n) is 8.26. The number of nitrogens with one attached hydrogen (secondary N) is 2. The van der Waals surface area contributed by atoms with Crippen LogP contribution in [-0.4, -0.2) is 28.8 Å². The summed E-state index contributed by atoms with van der Waals surface area (Å²) in [6.07, 6.45) is 1.01. The third-order valence-corrected chi connectivity index (χ3v) is 3.55. The molecule has 1 aromatic heterocycles. The molecule has 5 heteroatoms. The number of aryl methyl sites for hydroxylation is 3. The zero-order valence-corrected chi connectivity index (χ0v) is 14.3. The van der Waals surface area contributed by atoms with E-state index in [2.05, 4.69) is 57.5 Å². The average molecular weight is 313 g/mol. The van der Waals surface area contributed by atoms with Crippen LogP contribution in [0.5, 0.6) is 0 Å². The molecule has 23 heavy (non-hydrogen) atoms. The summed E-state index contributed by atoms with van der Waals surface area (Å²) in [5.41, 5.74) is 3.51. The lowest BCUT2D eigenvalue weighted by atomic mass is 10.2. The summed E-state index contributed by atoms with van der Waals surface area (Å²) >= 11 is 0. The van der Waals surface area contributed by atoms with E-state index in [1.165, 1.54) is 11.3 Å². The fourth-order valence-corrected chi connectivity index (χ4v) is 2.43. The molecule has 0 aliphatic carbocycles. The quantitative estimate of drug-likeness (QED) is 0.469. The Hall–Kier alpha value is -2.30. The van der Waals surface area contributed by atoms with E-state index < -0.39 is 0 Å². The maximum Gasteiger partial charge on any atom is 0.191 e. The molecule has 1 aromatic carbocycles. The van der Waals surface area contributed by atoms with E-state index in [0.717, 1.165) is 37.7 Å². The van der Waals surface area contributed by atoms with Gasteiger partial charge in [0.15, 0.2) is 5.96 Å². The lowest BCUT2D eigenvalue weighted by Gasteiger charge is -2.11. The number of hydrogen-bond acceptors (Lipinski definition) is 2. The number of aliphatic imine (C=N–C) groups is 1. The van der Waals surface area contributed by atoms with E-state index in [4.69, 9.17) is 0 Å². The highest BCUT2D eigenvalue weighted by molar-refractivity contribution is 5.79. The molecule has 0 atom stereocenters. The predicted molar refractivity (Wildman–Crippen MR) is 95.6 cm³/mol. The van der Waals surface area contributed by atoms with Crippen LogP contribution in [0.15, 0.2) is 41.4 Å². The third kappa shape index (κ3) is 5.77. The minimum Gasteiger partial charge on any atom is -0.357 e. The van der Waals surface area contributed by atoms with E-state index in [1.807, 2.05) is 25.1 Å². The number of benzene rings is 1. The van der Waals surface area contributed by atoms with E-state index in [9.17, 15) is 0 Å². The molecule has 2 rings (SSSR count). The molecule has 0 fully saturated rings. The van der Waals surface area contributed by atoms with Crippen molar-refractivity contribution in [1.82, 2.24) is 20.4 Å². The molecule has 0 saturated carbocycles. The molecule has 0 unspecified atom stereocenters. The van der Waals surface area contributed by atoms with Crippen molar-refractivity contribution in [3.8, 4) is 0 Å². The first kappa shape index (κ1) is 17.1. The van der Waals surface area contributed by atoms with Crippen molar-refractivity contribution in [1.29, 1.82) is 0 Å². The zero-order valence-electron chi connectivity index (χ0n) is 14.3. The van der Waals surface area contributed by atoms with Crippen LogP contribution in [0.25, 0.3) is 0 Å². The number of hydrogen-bond donors (Lipinski definition) is 2. The minimum absolute atomic E-state index is 0.688. The molecular formula is C18H27N5. The van der Waals surface area contributed by atoms with Crippen LogP contribution >= 0.6 is 0 Å². The van der Waals surface area contributed by atoms with Crippen molar-refractivity contribution in [2.75, 3.05) is 13.1 Å². The Labute approximate surface area is 138 Å². The molecule has 1 heterocycles. The van der Waals surface area contributed by atoms with E-state index in [1.54, 1.807) is 0 Å². The second-order valence-electron chi connectivity index (χ2n) is 5.61. The summed E-state index contributed by atoms with van der Waals surface area (Å²) in [5, 5.41) is 11.2. The van der Waals surface area contributed by atoms with Crippen molar-refractivity contribution in [2.45, 2.75) is 40.3 Å². The van der Waals surface area contributed by atoms with Crippen molar-refractivity contribution in [3.63, 3.8) is 0 Å². The Kier molecular flexibility index (Phi) is 6.66. The second-order valence-corrected chi connectivity index (χ2v) is 5.61. The van der Waals surface area contributed by atoms with Crippen LogP contribution in [0.3, 0.4) is 0 Å². The number of nitrogens with zero attached hydrogens (tertiary/aromatic N) is 3. The van der Waals surface area contributed by atoms with Crippen LogP contribution < -0.4 is 10.6 Å². The SMILES string of the molecule is CCNC(=NCc1ccccc1)NCCCn1nc(C)cc1C. The summed E-state index contributed by atoms with van der Waals surface area (Å²) in [4.78, 5) is 4.62. The van der Waals surface area contributed by atoms with Gasteiger partial charge in [0.2, 0.25) is 0 Å². The van der Waals surface area contributed by atoms with Gasteiger partial charge in [0.25, 0.3) is 0 Å². The maximum atomic E-state index is 4.62. The van der Waals surface area contributed by atoms with Gasteiger partial charge in [0.1, 0.15) is 0 Å². The van der Waals surface area contributed by atoms with Crippen LogP contribution in [0, 0.1) is 13.8 Å². The topological polar surface area (TPSA) is 54.2 Å². The summed E-state index contributed by atoms with van der Waals surface area (Å²) in [6.45, 7) is 9.55. The molecule has 0 amide bonds. The number of guanidine groups is 1. The minimum atomic E-state index is 0.688. The van der Waals surface area contributed by atoms with E-state index in [0.29, 0.717) is 6.54 Å². The Morgan fingerprint density at radius 3 is 2.61 bits per heavy atom. The molecule has 0 bridgehead atoms. The standard InChI is InChI=1S/C18H27N5/c1-4-19-18(21-14-17-9-6-5-7-10-17)20-11-8-12-23-16(3)13-15(2)22-23/h5-7,9-10,13H,4,8,11-12,14H2,1-3H3,(H2,19,20,21). The predicted octanol–water partition coefficient (Wildman–Crippen LogP) is 2.65. The highest BCUT2D eigenvalue weighted by Gasteiger charge is 2.01. The third-order valence-electron chi connectivity index (χ3n) is 3.55. The molecule has 2 N–H and O–H groups in total. The lowest BCUT2D eigenvalue weighted by Crippen LogP contribution is -2.38. The van der Waals surface area contributed by atoms with Crippen molar-refractivity contribution < 1.29 is 0 Å². The van der Waals surface area contributed by atoms with Gasteiger partial charge < -0.3 is 10.6 Å². The summed E-state index contributed by atoms with van der Waals surface area (Å²) < 4.78 is 2.06. The molecule has 0 aliphatic heterocycles. The van der Waals surface area contributed by atoms with Gasteiger partial charge in [-0.15, -0.1) is 0 Å². The maximum absolute atomic E-state index is 4.62. The van der Waals surface area contributed by atoms with Crippen LogP contribution in [0.4, 0.5) is 0 Å². The van der Waals surface area contributed by atoms with Gasteiger partial charge in [0.05, 0.1) is 12.2 Å². The molecule has 0 aliphatic rings. The number of aromatic nitrogens is 2. The summed E-state index contributed by atoms with van der Waals surface area (Å²) in [7, 11) is 0. The molecular weight excluding hydrogens is 286 g/mol. The highest BCUT2D eigenvalue weighted by atomic mass is 15.3. The van der Waals surface area contributed by atoms with Gasteiger partial charge >= 0.3 is 0 Å². The van der Waals surface area contributed by atoms with Crippen molar-refractivity contribution in [2.24, 2.45) is 4.99 Å². The Bertz CT molecular complexity index is 616. The van der Waals surface area contributed by atoms with Gasteiger partial charge in [-0.1, -0.05) is 30.3 Å². The van der Waals surface area contributed by atoms with Gasteiger partial charge in [-0.05, 0) is 38.8 Å². The van der Waals surface area contributed by atoms with E-state index in [-0.39, 0.29) is 0 Å². The smallest absolute Gasteiger partial charge is 0.191 e. The molecule has 2 aromatic rings. The van der Waals surface area contributed by atoms with Gasteiger partial charge in [-0.3, -0.25) is 4.68 Å². The van der Waals surface area contributed by atoms with Crippen LogP contribution in [0.2, 0.25) is 0 Å².